The standard InChI is InChI=1S/C22H25ClN2O3/c1-22(28,12-11-16-5-3-2-4-6-16)15-24-21(27)17-13-20(26)25(14-17)19-9-7-18(23)8-10-19/h2-10,17,28H,11-15H2,1H3,(H,24,27)/t17-,22-/m0/s1. The molecular formula is C22H25ClN2O3. The van der Waals surface area contributed by atoms with E-state index in [1.54, 1.807) is 36.1 Å². The summed E-state index contributed by atoms with van der Waals surface area (Å²) in [5.74, 6) is -0.712. The van der Waals surface area contributed by atoms with E-state index in [0.717, 1.165) is 17.7 Å². The minimum Gasteiger partial charge on any atom is -0.388 e. The van der Waals surface area contributed by atoms with Gasteiger partial charge in [0.15, 0.2) is 0 Å². The van der Waals surface area contributed by atoms with Gasteiger partial charge in [-0.05, 0) is 49.6 Å². The Labute approximate surface area is 170 Å². The number of nitrogens with zero attached hydrogens (tertiary/aromatic N) is 1. The van der Waals surface area contributed by atoms with Crippen molar-refractivity contribution in [2.75, 3.05) is 18.0 Å². The summed E-state index contributed by atoms with van der Waals surface area (Å²) in [7, 11) is 0. The van der Waals surface area contributed by atoms with Gasteiger partial charge >= 0.3 is 0 Å². The topological polar surface area (TPSA) is 69.6 Å². The number of hydrogen-bond acceptors (Lipinski definition) is 3. The monoisotopic (exact) mass is 400 g/mol. The summed E-state index contributed by atoms with van der Waals surface area (Å²) < 4.78 is 0. The van der Waals surface area contributed by atoms with Crippen LogP contribution in [-0.2, 0) is 16.0 Å². The summed E-state index contributed by atoms with van der Waals surface area (Å²) in [4.78, 5) is 26.4. The molecule has 28 heavy (non-hydrogen) atoms. The molecule has 0 aromatic heterocycles. The van der Waals surface area contributed by atoms with Crippen molar-refractivity contribution >= 4 is 29.1 Å². The number of rotatable bonds is 7. The van der Waals surface area contributed by atoms with Gasteiger partial charge < -0.3 is 15.3 Å². The first-order valence-corrected chi connectivity index (χ1v) is 9.82. The highest BCUT2D eigenvalue weighted by molar-refractivity contribution is 6.30. The van der Waals surface area contributed by atoms with Gasteiger partial charge in [-0.2, -0.15) is 0 Å². The van der Waals surface area contributed by atoms with E-state index in [4.69, 9.17) is 11.6 Å². The van der Waals surface area contributed by atoms with Crippen molar-refractivity contribution in [3.63, 3.8) is 0 Å². The molecule has 2 amide bonds. The first-order chi connectivity index (χ1) is 13.3. The third-order valence-electron chi connectivity index (χ3n) is 5.07. The Hall–Kier alpha value is -2.37. The summed E-state index contributed by atoms with van der Waals surface area (Å²) in [5, 5.41) is 14.0. The van der Waals surface area contributed by atoms with Crippen molar-refractivity contribution in [3.8, 4) is 0 Å². The molecule has 1 heterocycles. The van der Waals surface area contributed by atoms with Crippen LogP contribution in [0.4, 0.5) is 5.69 Å². The van der Waals surface area contributed by atoms with E-state index in [9.17, 15) is 14.7 Å². The molecule has 0 saturated carbocycles. The van der Waals surface area contributed by atoms with Gasteiger partial charge in [0, 0.05) is 30.2 Å². The predicted octanol–water partition coefficient (Wildman–Crippen LogP) is 3.19. The Morgan fingerprint density at radius 2 is 1.89 bits per heavy atom. The molecule has 0 spiro atoms. The molecule has 2 aromatic carbocycles. The van der Waals surface area contributed by atoms with Gasteiger partial charge in [-0.25, -0.2) is 0 Å². The van der Waals surface area contributed by atoms with Gasteiger partial charge in [0.1, 0.15) is 0 Å². The van der Waals surface area contributed by atoms with Crippen LogP contribution in [0.15, 0.2) is 54.6 Å². The second-order valence-electron chi connectivity index (χ2n) is 7.58. The molecule has 6 heteroatoms. The van der Waals surface area contributed by atoms with Crippen molar-refractivity contribution in [3.05, 3.63) is 65.2 Å². The van der Waals surface area contributed by atoms with E-state index in [2.05, 4.69) is 5.32 Å². The number of nitrogens with one attached hydrogen (secondary N) is 1. The van der Waals surface area contributed by atoms with Crippen molar-refractivity contribution in [1.29, 1.82) is 0 Å². The fourth-order valence-electron chi connectivity index (χ4n) is 3.32. The third kappa shape index (κ3) is 5.33. The lowest BCUT2D eigenvalue weighted by Gasteiger charge is -2.24. The van der Waals surface area contributed by atoms with Gasteiger partial charge in [0.2, 0.25) is 11.8 Å². The van der Waals surface area contributed by atoms with Crippen LogP contribution in [0.2, 0.25) is 5.02 Å². The third-order valence-corrected chi connectivity index (χ3v) is 5.32. The maximum atomic E-state index is 12.5. The first-order valence-electron chi connectivity index (χ1n) is 9.44. The smallest absolute Gasteiger partial charge is 0.227 e. The summed E-state index contributed by atoms with van der Waals surface area (Å²) in [5.41, 5.74) is 0.873. The Bertz CT molecular complexity index is 821. The number of aliphatic hydroxyl groups is 1. The Kier molecular flexibility index (Phi) is 6.37. The van der Waals surface area contributed by atoms with Crippen LogP contribution in [0, 0.1) is 5.92 Å². The highest BCUT2D eigenvalue weighted by atomic mass is 35.5. The zero-order valence-corrected chi connectivity index (χ0v) is 16.7. The number of amides is 2. The van der Waals surface area contributed by atoms with Crippen molar-refractivity contribution in [2.24, 2.45) is 5.92 Å². The molecule has 5 nitrogen and oxygen atoms in total. The number of anilines is 1. The van der Waals surface area contributed by atoms with Crippen molar-refractivity contribution in [1.82, 2.24) is 5.32 Å². The van der Waals surface area contributed by atoms with E-state index < -0.39 is 11.5 Å². The van der Waals surface area contributed by atoms with E-state index in [1.165, 1.54) is 0 Å². The molecule has 1 fully saturated rings. The summed E-state index contributed by atoms with van der Waals surface area (Å²) in [6, 6.07) is 16.9. The predicted molar refractivity (Wildman–Crippen MR) is 110 cm³/mol. The van der Waals surface area contributed by atoms with E-state index in [0.29, 0.717) is 18.0 Å². The molecule has 2 atom stereocenters. The number of benzene rings is 2. The van der Waals surface area contributed by atoms with Gasteiger partial charge in [-0.15, -0.1) is 0 Å². The number of carbonyl (C=O) groups excluding carboxylic acids is 2. The Balaban J connectivity index is 1.50. The molecular weight excluding hydrogens is 376 g/mol. The highest BCUT2D eigenvalue weighted by Crippen LogP contribution is 2.26. The van der Waals surface area contributed by atoms with Crippen LogP contribution in [-0.4, -0.2) is 35.6 Å². The minimum absolute atomic E-state index is 0.0849. The lowest BCUT2D eigenvalue weighted by atomic mass is 9.96. The van der Waals surface area contributed by atoms with Crippen LogP contribution in [0.3, 0.4) is 0 Å². The van der Waals surface area contributed by atoms with Crippen LogP contribution in [0.5, 0.6) is 0 Å². The van der Waals surface area contributed by atoms with E-state index >= 15 is 0 Å². The van der Waals surface area contributed by atoms with Crippen LogP contribution in [0.1, 0.15) is 25.3 Å². The lowest BCUT2D eigenvalue weighted by molar-refractivity contribution is -0.127. The molecule has 1 saturated heterocycles. The quantitative estimate of drug-likeness (QED) is 0.749. The zero-order chi connectivity index (χ0) is 20.1. The lowest BCUT2D eigenvalue weighted by Crippen LogP contribution is -2.43. The Morgan fingerprint density at radius 3 is 2.57 bits per heavy atom. The molecule has 0 aliphatic carbocycles. The zero-order valence-electron chi connectivity index (χ0n) is 15.9. The summed E-state index contributed by atoms with van der Waals surface area (Å²) >= 11 is 5.89. The molecule has 1 aliphatic rings. The average Bonchev–Trinajstić information content (AvgIpc) is 3.08. The fourth-order valence-corrected chi connectivity index (χ4v) is 3.45. The second kappa shape index (κ2) is 8.76. The van der Waals surface area contributed by atoms with Crippen molar-refractivity contribution in [2.45, 2.75) is 31.8 Å². The van der Waals surface area contributed by atoms with Gasteiger partial charge in [0.05, 0.1) is 11.5 Å². The number of hydrogen-bond donors (Lipinski definition) is 2. The molecule has 148 valence electrons. The maximum Gasteiger partial charge on any atom is 0.227 e. The molecule has 3 rings (SSSR count). The summed E-state index contributed by atoms with van der Waals surface area (Å²) in [6.45, 7) is 2.21. The van der Waals surface area contributed by atoms with Crippen LogP contribution < -0.4 is 10.2 Å². The van der Waals surface area contributed by atoms with Crippen LogP contribution >= 0.6 is 11.6 Å². The highest BCUT2D eigenvalue weighted by Gasteiger charge is 2.35. The van der Waals surface area contributed by atoms with E-state index in [1.807, 2.05) is 30.3 Å². The summed E-state index contributed by atoms with van der Waals surface area (Å²) in [6.07, 6.45) is 1.44. The number of aryl methyl sites for hydroxylation is 1. The number of halogens is 1. The SMILES string of the molecule is C[C@](O)(CCc1ccccc1)CNC(=O)[C@H]1CC(=O)N(c2ccc(Cl)cc2)C1. The van der Waals surface area contributed by atoms with Gasteiger partial charge in [-0.3, -0.25) is 9.59 Å². The maximum absolute atomic E-state index is 12.5. The van der Waals surface area contributed by atoms with Gasteiger partial charge in [-0.1, -0.05) is 41.9 Å². The van der Waals surface area contributed by atoms with E-state index in [-0.39, 0.29) is 24.8 Å². The molecule has 0 unspecified atom stereocenters. The van der Waals surface area contributed by atoms with Crippen molar-refractivity contribution < 1.29 is 14.7 Å². The molecule has 1 aliphatic heterocycles. The molecule has 0 radical (unpaired) electrons. The Morgan fingerprint density at radius 1 is 1.21 bits per heavy atom. The average molecular weight is 401 g/mol. The normalized spacial score (nSPS) is 18.8. The largest absolute Gasteiger partial charge is 0.388 e. The first kappa shape index (κ1) is 20.4. The van der Waals surface area contributed by atoms with Gasteiger partial charge in [0.25, 0.3) is 0 Å². The molecule has 2 aromatic rings. The molecule has 2 N–H and O–H groups in total. The fraction of sp³-hybridized carbons (Fsp3) is 0.364. The minimum atomic E-state index is -1.01. The second-order valence-corrected chi connectivity index (χ2v) is 8.02. The number of carbonyl (C=O) groups is 2. The van der Waals surface area contributed by atoms with Crippen LogP contribution in [0.25, 0.3) is 0 Å². The molecule has 0 bridgehead atoms.